The number of likely N-dealkylation sites (N-methyl/N-ethyl adjacent to an activating group) is 1. The summed E-state index contributed by atoms with van der Waals surface area (Å²) in [7, 11) is -1.77. The molecule has 1 N–H and O–H groups in total. The first-order valence-corrected chi connectivity index (χ1v) is 14.6. The molecule has 1 aromatic carbocycles. The summed E-state index contributed by atoms with van der Waals surface area (Å²) in [5.41, 5.74) is 2.37. The smallest absolute Gasteiger partial charge is 0.279 e. The van der Waals surface area contributed by atoms with Crippen LogP contribution >= 0.6 is 0 Å². The van der Waals surface area contributed by atoms with Crippen LogP contribution in [0.1, 0.15) is 31.7 Å². The van der Waals surface area contributed by atoms with E-state index in [1.165, 1.54) is 4.31 Å². The first kappa shape index (κ1) is 27.0. The summed E-state index contributed by atoms with van der Waals surface area (Å²) >= 11 is 0. The maximum atomic E-state index is 13.5. The lowest BCUT2D eigenvalue weighted by Crippen LogP contribution is -2.47. The molecule has 5 rings (SSSR count). The highest BCUT2D eigenvalue weighted by atomic mass is 32.2. The normalized spacial score (nSPS) is 15.2. The van der Waals surface area contributed by atoms with Gasteiger partial charge in [-0.1, -0.05) is 19.4 Å². The van der Waals surface area contributed by atoms with Crippen molar-refractivity contribution in [2.45, 2.75) is 38.1 Å². The number of aromatic amines is 1. The Hall–Kier alpha value is -3.61. The van der Waals surface area contributed by atoms with E-state index in [0.717, 1.165) is 17.8 Å². The summed E-state index contributed by atoms with van der Waals surface area (Å²) in [5, 5.41) is 4.58. The van der Waals surface area contributed by atoms with Gasteiger partial charge in [-0.05, 0) is 50.7 Å². The molecule has 12 heteroatoms. The Labute approximate surface area is 227 Å². The summed E-state index contributed by atoms with van der Waals surface area (Å²) in [4.78, 5) is 27.5. The molecule has 0 spiro atoms. The van der Waals surface area contributed by atoms with Crippen LogP contribution in [0.15, 0.2) is 52.3 Å². The number of benzene rings is 1. The van der Waals surface area contributed by atoms with E-state index in [2.05, 4.69) is 26.9 Å². The second-order valence-electron chi connectivity index (χ2n) is 9.59. The Balaban J connectivity index is 1.62. The van der Waals surface area contributed by atoms with Crippen LogP contribution in [0.2, 0.25) is 0 Å². The van der Waals surface area contributed by atoms with E-state index in [4.69, 9.17) is 9.72 Å². The topological polar surface area (TPSA) is 126 Å². The van der Waals surface area contributed by atoms with Gasteiger partial charge in [0.25, 0.3) is 5.56 Å². The van der Waals surface area contributed by atoms with Crippen LogP contribution in [0.5, 0.6) is 5.75 Å². The van der Waals surface area contributed by atoms with Crippen LogP contribution in [0.4, 0.5) is 0 Å². The molecule has 39 heavy (non-hydrogen) atoms. The summed E-state index contributed by atoms with van der Waals surface area (Å²) in [6.45, 7) is 6.83. The summed E-state index contributed by atoms with van der Waals surface area (Å²) in [6.07, 6.45) is 3.21. The number of nitrogens with zero attached hydrogens (tertiary/aromatic N) is 6. The number of aromatic nitrogens is 5. The third kappa shape index (κ3) is 5.45. The van der Waals surface area contributed by atoms with Gasteiger partial charge < -0.3 is 14.6 Å². The van der Waals surface area contributed by atoms with Gasteiger partial charge in [-0.2, -0.15) is 9.40 Å². The molecule has 0 amide bonds. The molecule has 1 saturated heterocycles. The predicted molar refractivity (Wildman–Crippen MR) is 148 cm³/mol. The zero-order valence-electron chi connectivity index (χ0n) is 22.4. The number of ether oxygens (including phenoxy) is 1. The molecule has 11 nitrogen and oxygen atoms in total. The number of H-pyrrole nitrogens is 1. The molecular weight excluding hydrogens is 518 g/mol. The second-order valence-corrected chi connectivity index (χ2v) is 11.5. The number of fused-ring (bicyclic) bond motifs is 1. The van der Waals surface area contributed by atoms with E-state index in [0.29, 0.717) is 62.6 Å². The van der Waals surface area contributed by atoms with Crippen LogP contribution in [0, 0.1) is 0 Å². The van der Waals surface area contributed by atoms with E-state index >= 15 is 0 Å². The van der Waals surface area contributed by atoms with E-state index in [1.807, 2.05) is 32.2 Å². The molecule has 0 aliphatic carbocycles. The van der Waals surface area contributed by atoms with Gasteiger partial charge in [0.15, 0.2) is 5.52 Å². The Morgan fingerprint density at radius 3 is 2.54 bits per heavy atom. The molecular formula is C27H33N7O4S. The third-order valence-electron chi connectivity index (χ3n) is 6.83. The maximum Gasteiger partial charge on any atom is 0.279 e. The fourth-order valence-electron chi connectivity index (χ4n) is 4.77. The molecule has 1 aliphatic heterocycles. The van der Waals surface area contributed by atoms with Crippen LogP contribution in [-0.2, 0) is 23.0 Å². The molecule has 0 unspecified atom stereocenters. The van der Waals surface area contributed by atoms with Gasteiger partial charge in [0.05, 0.1) is 35.0 Å². The largest absolute Gasteiger partial charge is 0.493 e. The number of sulfonamides is 1. The third-order valence-corrected chi connectivity index (χ3v) is 8.73. The lowest BCUT2D eigenvalue weighted by Gasteiger charge is -2.31. The van der Waals surface area contributed by atoms with Crippen molar-refractivity contribution >= 4 is 21.1 Å². The Kier molecular flexibility index (Phi) is 7.78. The van der Waals surface area contributed by atoms with Crippen molar-refractivity contribution in [2.75, 3.05) is 39.8 Å². The minimum atomic E-state index is -3.74. The Morgan fingerprint density at radius 2 is 1.85 bits per heavy atom. The fourth-order valence-corrected chi connectivity index (χ4v) is 6.21. The van der Waals surface area contributed by atoms with Crippen molar-refractivity contribution in [2.24, 2.45) is 0 Å². The molecule has 4 heterocycles. The molecule has 0 atom stereocenters. The highest BCUT2D eigenvalue weighted by Crippen LogP contribution is 2.32. The number of rotatable bonds is 9. The first-order chi connectivity index (χ1) is 18.8. The number of pyridine rings is 1. The molecule has 4 aromatic rings. The highest BCUT2D eigenvalue weighted by molar-refractivity contribution is 7.89. The van der Waals surface area contributed by atoms with Gasteiger partial charge in [0.1, 0.15) is 17.1 Å². The average molecular weight is 552 g/mol. The minimum Gasteiger partial charge on any atom is -0.493 e. The van der Waals surface area contributed by atoms with Crippen LogP contribution in [0.25, 0.3) is 22.4 Å². The van der Waals surface area contributed by atoms with Gasteiger partial charge >= 0.3 is 0 Å². The molecule has 0 radical (unpaired) electrons. The van der Waals surface area contributed by atoms with Crippen LogP contribution < -0.4 is 10.3 Å². The van der Waals surface area contributed by atoms with Crippen molar-refractivity contribution in [1.82, 2.24) is 33.9 Å². The Bertz CT molecular complexity index is 1630. The van der Waals surface area contributed by atoms with Gasteiger partial charge in [-0.3, -0.25) is 14.5 Å². The minimum absolute atomic E-state index is 0.132. The molecule has 0 saturated carbocycles. The zero-order valence-corrected chi connectivity index (χ0v) is 23.2. The lowest BCUT2D eigenvalue weighted by molar-refractivity contribution is 0.222. The number of hydrogen-bond donors (Lipinski definition) is 1. The van der Waals surface area contributed by atoms with Gasteiger partial charge in [-0.15, -0.1) is 0 Å². The van der Waals surface area contributed by atoms with Crippen molar-refractivity contribution < 1.29 is 13.2 Å². The lowest BCUT2D eigenvalue weighted by atomic mass is 10.1. The average Bonchev–Trinajstić information content (AvgIpc) is 3.27. The molecule has 3 aromatic heterocycles. The zero-order chi connectivity index (χ0) is 27.6. The quantitative estimate of drug-likeness (QED) is 0.336. The SMILES string of the molecule is CCCc1c2nc(-c3cc(S(=O)(=O)N4CCN(C)CC4)ccc3OCC)[nH]c(=O)c2nn1Cc1ccccn1. The Morgan fingerprint density at radius 1 is 1.05 bits per heavy atom. The standard InChI is InChI=1S/C27H33N7O4S/c1-4-8-22-24-25(31-34(22)18-19-9-6-7-12-28-19)27(35)30-26(29-24)21-17-20(10-11-23(21)38-5-2)39(36,37)33-15-13-32(3)14-16-33/h6-7,9-12,17H,4-5,8,13-16,18H2,1-3H3,(H,29,30,35). The van der Waals surface area contributed by atoms with Crippen molar-refractivity contribution in [1.29, 1.82) is 0 Å². The summed E-state index contributed by atoms with van der Waals surface area (Å²) in [5.74, 6) is 0.677. The maximum absolute atomic E-state index is 13.5. The van der Waals surface area contributed by atoms with E-state index in [9.17, 15) is 13.2 Å². The van der Waals surface area contributed by atoms with E-state index in [-0.39, 0.29) is 16.2 Å². The van der Waals surface area contributed by atoms with E-state index in [1.54, 1.807) is 29.1 Å². The van der Waals surface area contributed by atoms with Crippen molar-refractivity contribution in [3.63, 3.8) is 0 Å². The number of hydrogen-bond acceptors (Lipinski definition) is 8. The van der Waals surface area contributed by atoms with E-state index < -0.39 is 15.6 Å². The number of piperazine rings is 1. The summed E-state index contributed by atoms with van der Waals surface area (Å²) < 4.78 is 36.1. The van der Waals surface area contributed by atoms with Gasteiger partial charge in [0.2, 0.25) is 10.0 Å². The number of nitrogens with one attached hydrogen (secondary N) is 1. The van der Waals surface area contributed by atoms with Crippen molar-refractivity contribution in [3.05, 3.63) is 64.3 Å². The monoisotopic (exact) mass is 551 g/mol. The van der Waals surface area contributed by atoms with Crippen LogP contribution in [0.3, 0.4) is 0 Å². The van der Waals surface area contributed by atoms with Crippen LogP contribution in [-0.4, -0.2) is 82.2 Å². The van der Waals surface area contributed by atoms with Gasteiger partial charge in [0, 0.05) is 32.4 Å². The molecule has 1 fully saturated rings. The molecule has 206 valence electrons. The predicted octanol–water partition coefficient (Wildman–Crippen LogP) is 2.52. The molecule has 0 bridgehead atoms. The summed E-state index contributed by atoms with van der Waals surface area (Å²) in [6, 6.07) is 10.4. The van der Waals surface area contributed by atoms with Crippen molar-refractivity contribution in [3.8, 4) is 17.1 Å². The number of aryl methyl sites for hydroxylation is 1. The second kappa shape index (κ2) is 11.2. The highest BCUT2D eigenvalue weighted by Gasteiger charge is 2.29. The molecule has 1 aliphatic rings. The fraction of sp³-hybridized carbons (Fsp3) is 0.407. The first-order valence-electron chi connectivity index (χ1n) is 13.2. The van der Waals surface area contributed by atoms with Gasteiger partial charge in [-0.25, -0.2) is 13.4 Å².